The number of aliphatic hydroxyl groups is 2. The SMILES string of the molecule is CCCCOCC(C)C(O)CC(C)OP(=O)(O)OC(C)CC(O)C(C)COCCCC. The molecule has 0 aliphatic carbocycles. The van der Waals surface area contributed by atoms with Crippen molar-refractivity contribution in [2.24, 2.45) is 11.8 Å². The van der Waals surface area contributed by atoms with Gasteiger partial charge in [0.25, 0.3) is 0 Å². The lowest BCUT2D eigenvalue weighted by Crippen LogP contribution is -2.28. The third-order valence-electron chi connectivity index (χ3n) is 5.13. The van der Waals surface area contributed by atoms with Crippen molar-refractivity contribution in [1.82, 2.24) is 0 Å². The van der Waals surface area contributed by atoms with Gasteiger partial charge in [0.05, 0.1) is 37.6 Å². The van der Waals surface area contributed by atoms with E-state index < -0.39 is 32.2 Å². The van der Waals surface area contributed by atoms with Gasteiger partial charge < -0.3 is 24.6 Å². The lowest BCUT2D eigenvalue weighted by atomic mass is 10.0. The van der Waals surface area contributed by atoms with E-state index in [-0.39, 0.29) is 24.7 Å². The fraction of sp³-hybridized carbons (Fsp3) is 1.00. The quantitative estimate of drug-likeness (QED) is 0.178. The van der Waals surface area contributed by atoms with Gasteiger partial charge in [-0.15, -0.1) is 0 Å². The van der Waals surface area contributed by atoms with Gasteiger partial charge in [-0.1, -0.05) is 40.5 Å². The Balaban J connectivity index is 4.31. The van der Waals surface area contributed by atoms with Crippen LogP contribution in [-0.4, -0.2) is 65.9 Å². The highest BCUT2D eigenvalue weighted by molar-refractivity contribution is 7.47. The zero-order valence-electron chi connectivity index (χ0n) is 20.4. The van der Waals surface area contributed by atoms with Gasteiger partial charge in [-0.2, -0.15) is 0 Å². The largest absolute Gasteiger partial charge is 0.472 e. The van der Waals surface area contributed by atoms with Crippen LogP contribution < -0.4 is 0 Å². The smallest absolute Gasteiger partial charge is 0.393 e. The molecular weight excluding hydrogens is 423 g/mol. The topological polar surface area (TPSA) is 115 Å². The molecule has 0 saturated carbocycles. The van der Waals surface area contributed by atoms with Crippen molar-refractivity contribution in [3.05, 3.63) is 0 Å². The number of phosphoric acid groups is 1. The monoisotopic (exact) mass is 470 g/mol. The molecular formula is C22H47O8P. The molecule has 9 heteroatoms. The van der Waals surface area contributed by atoms with Crippen molar-refractivity contribution in [1.29, 1.82) is 0 Å². The first-order chi connectivity index (χ1) is 14.5. The molecule has 8 nitrogen and oxygen atoms in total. The minimum Gasteiger partial charge on any atom is -0.393 e. The van der Waals surface area contributed by atoms with E-state index in [9.17, 15) is 19.7 Å². The van der Waals surface area contributed by atoms with Crippen molar-refractivity contribution in [3.63, 3.8) is 0 Å². The van der Waals surface area contributed by atoms with Crippen molar-refractivity contribution >= 4 is 7.82 Å². The van der Waals surface area contributed by atoms with E-state index in [0.29, 0.717) is 26.4 Å². The fourth-order valence-corrected chi connectivity index (χ4v) is 4.10. The number of aliphatic hydroxyl groups excluding tert-OH is 2. The molecule has 0 spiro atoms. The molecule has 0 aromatic rings. The molecule has 0 rings (SSSR count). The van der Waals surface area contributed by atoms with E-state index in [1.807, 2.05) is 13.8 Å². The molecule has 0 bridgehead atoms. The molecule has 31 heavy (non-hydrogen) atoms. The van der Waals surface area contributed by atoms with Crippen LogP contribution in [0.1, 0.15) is 80.1 Å². The number of phosphoric ester groups is 1. The molecule has 0 aromatic heterocycles. The van der Waals surface area contributed by atoms with E-state index >= 15 is 0 Å². The average molecular weight is 471 g/mol. The second-order valence-corrected chi connectivity index (χ2v) is 10.1. The second-order valence-electron chi connectivity index (χ2n) is 8.72. The van der Waals surface area contributed by atoms with Crippen LogP contribution in [0.25, 0.3) is 0 Å². The van der Waals surface area contributed by atoms with Crippen LogP contribution in [-0.2, 0) is 23.1 Å². The van der Waals surface area contributed by atoms with Crippen LogP contribution in [0.15, 0.2) is 0 Å². The van der Waals surface area contributed by atoms with Crippen LogP contribution >= 0.6 is 7.82 Å². The molecule has 0 radical (unpaired) electrons. The summed E-state index contributed by atoms with van der Waals surface area (Å²) in [5, 5.41) is 20.6. The van der Waals surface area contributed by atoms with Gasteiger partial charge in [-0.05, 0) is 26.7 Å². The maximum absolute atomic E-state index is 12.3. The summed E-state index contributed by atoms with van der Waals surface area (Å²) in [5.41, 5.74) is 0. The summed E-state index contributed by atoms with van der Waals surface area (Å²) in [6.07, 6.45) is 1.65. The number of hydrogen-bond acceptors (Lipinski definition) is 7. The Morgan fingerprint density at radius 1 is 0.742 bits per heavy atom. The molecule has 0 aromatic carbocycles. The van der Waals surface area contributed by atoms with Gasteiger partial charge in [0, 0.05) is 37.9 Å². The Labute approximate surface area is 189 Å². The summed E-state index contributed by atoms with van der Waals surface area (Å²) in [5.74, 6) is -0.228. The van der Waals surface area contributed by atoms with E-state index in [0.717, 1.165) is 25.7 Å². The zero-order chi connectivity index (χ0) is 23.9. The highest BCUT2D eigenvalue weighted by atomic mass is 31.2. The predicted octanol–water partition coefficient (Wildman–Crippen LogP) is 4.30. The Hall–Kier alpha value is -0.0500. The summed E-state index contributed by atoms with van der Waals surface area (Å²) >= 11 is 0. The molecule has 3 N–H and O–H groups in total. The summed E-state index contributed by atoms with van der Waals surface area (Å²) in [6.45, 7) is 13.3. The first-order valence-electron chi connectivity index (χ1n) is 11.7. The molecule has 0 saturated heterocycles. The van der Waals surface area contributed by atoms with Gasteiger partial charge >= 0.3 is 7.82 Å². The van der Waals surface area contributed by atoms with Gasteiger partial charge in [-0.3, -0.25) is 9.05 Å². The molecule has 0 amide bonds. The van der Waals surface area contributed by atoms with Crippen LogP contribution in [0.3, 0.4) is 0 Å². The molecule has 6 unspecified atom stereocenters. The normalized spacial score (nSPS) is 19.9. The summed E-state index contributed by atoms with van der Waals surface area (Å²) < 4.78 is 33.7. The first kappa shape index (κ1) is 30.9. The third kappa shape index (κ3) is 16.2. The number of hydrogen-bond donors (Lipinski definition) is 3. The zero-order valence-corrected chi connectivity index (χ0v) is 21.3. The van der Waals surface area contributed by atoms with Crippen molar-refractivity contribution in [3.8, 4) is 0 Å². The molecule has 0 aliphatic rings. The fourth-order valence-electron chi connectivity index (χ4n) is 2.96. The Kier molecular flexibility index (Phi) is 17.4. The van der Waals surface area contributed by atoms with Crippen LogP contribution in [0.5, 0.6) is 0 Å². The van der Waals surface area contributed by atoms with E-state index in [1.165, 1.54) is 0 Å². The molecule has 6 atom stereocenters. The van der Waals surface area contributed by atoms with Gasteiger partial charge in [0.2, 0.25) is 0 Å². The van der Waals surface area contributed by atoms with Crippen LogP contribution in [0.2, 0.25) is 0 Å². The van der Waals surface area contributed by atoms with Crippen molar-refractivity contribution < 1.29 is 38.2 Å². The highest BCUT2D eigenvalue weighted by Gasteiger charge is 2.30. The third-order valence-corrected chi connectivity index (χ3v) is 6.39. The lowest BCUT2D eigenvalue weighted by molar-refractivity contribution is -0.00469. The Morgan fingerprint density at radius 2 is 1.10 bits per heavy atom. The first-order valence-corrected chi connectivity index (χ1v) is 13.2. The standard InChI is InChI=1S/C22H47O8P/c1-7-9-11-27-15-17(3)21(23)13-19(5)29-31(25,26)30-20(6)14-22(24)18(4)16-28-12-10-8-2/h17-24H,7-16H2,1-6H3,(H,25,26). The Morgan fingerprint density at radius 3 is 1.42 bits per heavy atom. The maximum Gasteiger partial charge on any atom is 0.472 e. The number of ether oxygens (including phenoxy) is 2. The minimum absolute atomic E-state index is 0.114. The Bertz CT molecular complexity index is 440. The summed E-state index contributed by atoms with van der Waals surface area (Å²) in [7, 11) is -4.32. The summed E-state index contributed by atoms with van der Waals surface area (Å²) in [4.78, 5) is 10.1. The predicted molar refractivity (Wildman–Crippen MR) is 122 cm³/mol. The van der Waals surface area contributed by atoms with Crippen LogP contribution in [0, 0.1) is 11.8 Å². The van der Waals surface area contributed by atoms with E-state index in [4.69, 9.17) is 18.5 Å². The minimum atomic E-state index is -4.32. The average Bonchev–Trinajstić information content (AvgIpc) is 2.66. The van der Waals surface area contributed by atoms with Gasteiger partial charge in [0.1, 0.15) is 0 Å². The summed E-state index contributed by atoms with van der Waals surface area (Å²) in [6, 6.07) is 0. The second kappa shape index (κ2) is 17.4. The van der Waals surface area contributed by atoms with E-state index in [1.54, 1.807) is 13.8 Å². The van der Waals surface area contributed by atoms with Gasteiger partial charge in [-0.25, -0.2) is 4.57 Å². The highest BCUT2D eigenvalue weighted by Crippen LogP contribution is 2.47. The van der Waals surface area contributed by atoms with E-state index in [2.05, 4.69) is 13.8 Å². The molecule has 0 heterocycles. The number of rotatable bonds is 20. The van der Waals surface area contributed by atoms with Crippen molar-refractivity contribution in [2.45, 2.75) is 104 Å². The lowest BCUT2D eigenvalue weighted by Gasteiger charge is -2.26. The van der Waals surface area contributed by atoms with Crippen LogP contribution in [0.4, 0.5) is 0 Å². The maximum atomic E-state index is 12.3. The molecule has 0 aliphatic heterocycles. The molecule has 188 valence electrons. The molecule has 0 fully saturated rings. The number of unbranched alkanes of at least 4 members (excludes halogenated alkanes) is 2. The van der Waals surface area contributed by atoms with Crippen molar-refractivity contribution in [2.75, 3.05) is 26.4 Å². The van der Waals surface area contributed by atoms with Gasteiger partial charge in [0.15, 0.2) is 0 Å².